The molecule has 0 bridgehead atoms. The number of primary amides is 1. The molecule has 0 aliphatic heterocycles. The molecule has 6 atom stereocenters. The van der Waals surface area contributed by atoms with Gasteiger partial charge < -0.3 is 48.5 Å². The third-order valence-corrected chi connectivity index (χ3v) is 4.73. The van der Waals surface area contributed by atoms with Gasteiger partial charge in [0.05, 0.1) is 18.2 Å². The summed E-state index contributed by atoms with van der Waals surface area (Å²) < 4.78 is 0. The lowest BCUT2D eigenvalue weighted by molar-refractivity contribution is -0.146. The molecule has 0 radical (unpaired) electrons. The molecule has 0 aromatic heterocycles. The highest BCUT2D eigenvalue weighted by Gasteiger charge is 2.34. The van der Waals surface area contributed by atoms with Crippen LogP contribution in [0.1, 0.15) is 46.0 Å². The Morgan fingerprint density at radius 1 is 0.818 bits per heavy atom. The lowest BCUT2D eigenvalue weighted by Crippen LogP contribution is -2.60. The highest BCUT2D eigenvalue weighted by atomic mass is 16.4. The van der Waals surface area contributed by atoms with Crippen molar-refractivity contribution in [1.29, 1.82) is 0 Å². The first-order valence-corrected chi connectivity index (χ1v) is 10.6. The second-order valence-corrected chi connectivity index (χ2v) is 7.75. The number of aliphatic carboxylic acids is 1. The van der Waals surface area contributed by atoms with Gasteiger partial charge in [-0.3, -0.25) is 19.2 Å². The van der Waals surface area contributed by atoms with Crippen LogP contribution in [0.25, 0.3) is 0 Å². The van der Waals surface area contributed by atoms with Crippen molar-refractivity contribution in [1.82, 2.24) is 16.0 Å². The van der Waals surface area contributed by atoms with E-state index in [1.54, 1.807) is 0 Å². The minimum Gasteiger partial charge on any atom is -0.480 e. The fraction of sp³-hybridized carbons (Fsp3) is 0.737. The van der Waals surface area contributed by atoms with E-state index < -0.39 is 66.0 Å². The smallest absolute Gasteiger partial charge is 0.328 e. The molecule has 6 unspecified atom stereocenters. The van der Waals surface area contributed by atoms with Gasteiger partial charge in [-0.25, -0.2) is 4.79 Å². The molecule has 0 aliphatic rings. The third-order valence-electron chi connectivity index (χ3n) is 4.73. The number of nitrogens with one attached hydrogen (secondary N) is 3. The number of carboxylic acid groups (broad SMARTS) is 1. The molecule has 4 amide bonds. The molecule has 0 aliphatic carbocycles. The average Bonchev–Trinajstić information content (AvgIpc) is 2.71. The number of hydrogen-bond acceptors (Lipinski definition) is 9. The van der Waals surface area contributed by atoms with Crippen molar-refractivity contribution >= 4 is 29.6 Å². The Labute approximate surface area is 191 Å². The zero-order valence-corrected chi connectivity index (χ0v) is 18.8. The van der Waals surface area contributed by atoms with Crippen LogP contribution in [0.5, 0.6) is 0 Å². The summed E-state index contributed by atoms with van der Waals surface area (Å²) in [6.45, 7) is 2.74. The Hall–Kier alpha value is -2.81. The largest absolute Gasteiger partial charge is 0.480 e. The summed E-state index contributed by atoms with van der Waals surface area (Å²) in [6, 6.07) is -5.57. The summed E-state index contributed by atoms with van der Waals surface area (Å²) >= 11 is 0. The molecule has 0 saturated carbocycles. The predicted octanol–water partition coefficient (Wildman–Crippen LogP) is -3.99. The number of carbonyl (C=O) groups excluding carboxylic acids is 4. The second-order valence-electron chi connectivity index (χ2n) is 7.75. The molecule has 0 spiro atoms. The zero-order chi connectivity index (χ0) is 25.7. The number of rotatable bonds is 16. The Bertz CT molecular complexity index is 687. The van der Waals surface area contributed by atoms with Crippen LogP contribution in [-0.4, -0.2) is 87.8 Å². The fourth-order valence-electron chi connectivity index (χ4n) is 2.76. The van der Waals surface area contributed by atoms with Gasteiger partial charge in [0.15, 0.2) is 6.04 Å². The van der Waals surface area contributed by atoms with Crippen LogP contribution >= 0.6 is 0 Å². The van der Waals surface area contributed by atoms with Gasteiger partial charge in [-0.1, -0.05) is 6.42 Å². The van der Waals surface area contributed by atoms with E-state index in [1.807, 2.05) is 5.32 Å². The minimum absolute atomic E-state index is 0.206. The maximum atomic E-state index is 12.8. The van der Waals surface area contributed by atoms with Crippen molar-refractivity contribution in [2.75, 3.05) is 6.54 Å². The molecule has 0 fully saturated rings. The topological polar surface area (TPSA) is 260 Å². The third kappa shape index (κ3) is 11.6. The standard InChI is InChI=1S/C19H36N6O8/c1-9(26)14(18(31)25-15(10(2)27)19(32)33)24-17(30)12(6-7-13(22)28)23-16(29)11(21)5-3-4-8-20/h9-12,14-15,26-27H,3-8,20-21H2,1-2H3,(H2,22,28)(H,23,29)(H,24,30)(H,25,31)(H,32,33). The van der Waals surface area contributed by atoms with Crippen molar-refractivity contribution in [2.24, 2.45) is 17.2 Å². The molecule has 33 heavy (non-hydrogen) atoms. The number of hydrogen-bond donors (Lipinski definition) is 9. The summed E-state index contributed by atoms with van der Waals surface area (Å²) in [6.07, 6.45) is -1.86. The SMILES string of the molecule is CC(O)C(NC(=O)C(NC(=O)C(CCC(N)=O)NC(=O)C(N)CCCCN)C(C)O)C(=O)O. The number of aliphatic hydroxyl groups is 2. The lowest BCUT2D eigenvalue weighted by atomic mass is 10.1. The van der Waals surface area contributed by atoms with Crippen LogP contribution in [0.4, 0.5) is 0 Å². The predicted molar refractivity (Wildman–Crippen MR) is 116 cm³/mol. The first-order chi connectivity index (χ1) is 15.3. The van der Waals surface area contributed by atoms with E-state index in [-0.39, 0.29) is 12.8 Å². The number of amides is 4. The second kappa shape index (κ2) is 15.1. The summed E-state index contributed by atoms with van der Waals surface area (Å²) in [5.41, 5.74) is 16.3. The number of carbonyl (C=O) groups is 5. The van der Waals surface area contributed by atoms with Gasteiger partial charge in [0, 0.05) is 6.42 Å². The van der Waals surface area contributed by atoms with Gasteiger partial charge >= 0.3 is 5.97 Å². The van der Waals surface area contributed by atoms with E-state index in [4.69, 9.17) is 22.3 Å². The molecular weight excluding hydrogens is 440 g/mol. The molecule has 0 rings (SSSR count). The summed E-state index contributed by atoms with van der Waals surface area (Å²) in [5.74, 6) is -4.94. The fourth-order valence-corrected chi connectivity index (χ4v) is 2.76. The Kier molecular flexibility index (Phi) is 13.8. The molecule has 0 aromatic carbocycles. The van der Waals surface area contributed by atoms with Crippen molar-refractivity contribution in [3.8, 4) is 0 Å². The van der Waals surface area contributed by atoms with Crippen molar-refractivity contribution in [2.45, 2.75) is 82.3 Å². The molecule has 14 nitrogen and oxygen atoms in total. The molecule has 0 heterocycles. The van der Waals surface area contributed by atoms with E-state index in [9.17, 15) is 34.2 Å². The molecule has 0 saturated heterocycles. The minimum atomic E-state index is -1.69. The normalized spacial score (nSPS) is 16.4. The van der Waals surface area contributed by atoms with Crippen molar-refractivity contribution < 1.29 is 39.3 Å². The van der Waals surface area contributed by atoms with Gasteiger partial charge in [0.25, 0.3) is 0 Å². The molecule has 190 valence electrons. The molecular formula is C19H36N6O8. The van der Waals surface area contributed by atoms with Crippen LogP contribution in [0.15, 0.2) is 0 Å². The van der Waals surface area contributed by atoms with Gasteiger partial charge in [-0.15, -0.1) is 0 Å². The van der Waals surface area contributed by atoms with Crippen molar-refractivity contribution in [3.05, 3.63) is 0 Å². The van der Waals surface area contributed by atoms with E-state index >= 15 is 0 Å². The van der Waals surface area contributed by atoms with Crippen LogP contribution in [0, 0.1) is 0 Å². The van der Waals surface area contributed by atoms with E-state index in [0.717, 1.165) is 6.92 Å². The number of carboxylic acids is 1. The molecule has 12 N–H and O–H groups in total. The van der Waals surface area contributed by atoms with Gasteiger partial charge in [-0.05, 0) is 39.7 Å². The lowest BCUT2D eigenvalue weighted by Gasteiger charge is -2.27. The summed E-state index contributed by atoms with van der Waals surface area (Å²) in [4.78, 5) is 59.9. The monoisotopic (exact) mass is 476 g/mol. The maximum Gasteiger partial charge on any atom is 0.328 e. The Morgan fingerprint density at radius 3 is 1.82 bits per heavy atom. The quantitative estimate of drug-likeness (QED) is 0.0975. The Balaban J connectivity index is 5.40. The maximum absolute atomic E-state index is 12.8. The van der Waals surface area contributed by atoms with E-state index in [0.29, 0.717) is 25.8 Å². The Morgan fingerprint density at radius 2 is 1.36 bits per heavy atom. The molecule has 14 heteroatoms. The van der Waals surface area contributed by atoms with Crippen LogP contribution in [0.3, 0.4) is 0 Å². The van der Waals surface area contributed by atoms with Crippen LogP contribution in [-0.2, 0) is 24.0 Å². The van der Waals surface area contributed by atoms with Crippen LogP contribution < -0.4 is 33.2 Å². The highest BCUT2D eigenvalue weighted by Crippen LogP contribution is 2.05. The zero-order valence-electron chi connectivity index (χ0n) is 18.8. The first kappa shape index (κ1) is 30.2. The number of unbranched alkanes of at least 4 members (excludes halogenated alkanes) is 1. The number of nitrogens with two attached hydrogens (primary N) is 3. The molecule has 0 aromatic rings. The summed E-state index contributed by atoms with van der Waals surface area (Å²) in [7, 11) is 0. The van der Waals surface area contributed by atoms with Gasteiger partial charge in [-0.2, -0.15) is 0 Å². The number of aliphatic hydroxyl groups excluding tert-OH is 2. The van der Waals surface area contributed by atoms with Gasteiger partial charge in [0.2, 0.25) is 23.6 Å². The van der Waals surface area contributed by atoms with E-state index in [1.165, 1.54) is 6.92 Å². The van der Waals surface area contributed by atoms with Gasteiger partial charge in [0.1, 0.15) is 12.1 Å². The van der Waals surface area contributed by atoms with Crippen molar-refractivity contribution in [3.63, 3.8) is 0 Å². The highest BCUT2D eigenvalue weighted by molar-refractivity contribution is 5.94. The van der Waals surface area contributed by atoms with E-state index in [2.05, 4.69) is 10.6 Å². The summed E-state index contributed by atoms with van der Waals surface area (Å²) in [5, 5.41) is 35.2. The van der Waals surface area contributed by atoms with Crippen LogP contribution in [0.2, 0.25) is 0 Å². The first-order valence-electron chi connectivity index (χ1n) is 10.6. The average molecular weight is 477 g/mol.